The summed E-state index contributed by atoms with van der Waals surface area (Å²) in [6.07, 6.45) is 3.55. The Labute approximate surface area is 116 Å². The predicted molar refractivity (Wildman–Crippen MR) is 72.4 cm³/mol. The number of amides is 2. The molecule has 8 heteroatoms. The molecule has 0 bridgehead atoms. The molecule has 0 spiro atoms. The smallest absolute Gasteiger partial charge is 0.320 e. The molecule has 0 aliphatic carbocycles. The zero-order chi connectivity index (χ0) is 14.5. The van der Waals surface area contributed by atoms with E-state index in [1.807, 2.05) is 20.2 Å². The van der Waals surface area contributed by atoms with Crippen molar-refractivity contribution in [3.05, 3.63) is 30.1 Å². The van der Waals surface area contributed by atoms with Crippen molar-refractivity contribution in [2.75, 3.05) is 12.4 Å². The highest BCUT2D eigenvalue weighted by Crippen LogP contribution is 2.11. The molecular formula is C12H16N6O2. The van der Waals surface area contributed by atoms with Gasteiger partial charge in [0.25, 0.3) is 0 Å². The number of methoxy groups -OCH3 is 1. The van der Waals surface area contributed by atoms with Gasteiger partial charge in [-0.15, -0.1) is 10.2 Å². The van der Waals surface area contributed by atoms with Crippen molar-refractivity contribution in [2.24, 2.45) is 7.05 Å². The van der Waals surface area contributed by atoms with Crippen molar-refractivity contribution >= 4 is 11.8 Å². The normalized spacial score (nSPS) is 11.8. The van der Waals surface area contributed by atoms with Crippen molar-refractivity contribution in [3.8, 4) is 5.88 Å². The van der Waals surface area contributed by atoms with Gasteiger partial charge in [-0.05, 0) is 13.0 Å². The Bertz CT molecular complexity index is 580. The van der Waals surface area contributed by atoms with Crippen LogP contribution in [0.2, 0.25) is 0 Å². The van der Waals surface area contributed by atoms with Crippen LogP contribution in [-0.4, -0.2) is 33.1 Å². The topological polar surface area (TPSA) is 94.0 Å². The number of hydrogen-bond donors (Lipinski definition) is 2. The molecule has 20 heavy (non-hydrogen) atoms. The van der Waals surface area contributed by atoms with Gasteiger partial charge in [0.05, 0.1) is 19.3 Å². The van der Waals surface area contributed by atoms with E-state index < -0.39 is 0 Å². The van der Waals surface area contributed by atoms with Crippen LogP contribution in [0.5, 0.6) is 5.88 Å². The number of anilines is 1. The highest BCUT2D eigenvalue weighted by molar-refractivity contribution is 5.88. The van der Waals surface area contributed by atoms with E-state index in [4.69, 9.17) is 4.74 Å². The van der Waals surface area contributed by atoms with Crippen molar-refractivity contribution < 1.29 is 9.53 Å². The number of aryl methyl sites for hydroxylation is 1. The largest absolute Gasteiger partial charge is 0.480 e. The van der Waals surface area contributed by atoms with E-state index in [0.29, 0.717) is 11.7 Å². The first-order valence-electron chi connectivity index (χ1n) is 6.02. The average Bonchev–Trinajstić information content (AvgIpc) is 2.86. The highest BCUT2D eigenvalue weighted by Gasteiger charge is 2.11. The van der Waals surface area contributed by atoms with Gasteiger partial charge in [-0.2, -0.15) is 5.10 Å². The molecule has 0 radical (unpaired) electrons. The number of urea groups is 1. The molecule has 0 saturated heterocycles. The Morgan fingerprint density at radius 2 is 2.20 bits per heavy atom. The summed E-state index contributed by atoms with van der Waals surface area (Å²) in [4.78, 5) is 11.8. The lowest BCUT2D eigenvalue weighted by Crippen LogP contribution is -2.31. The van der Waals surface area contributed by atoms with Crippen LogP contribution in [-0.2, 0) is 7.05 Å². The van der Waals surface area contributed by atoms with Crippen molar-refractivity contribution in [3.63, 3.8) is 0 Å². The lowest BCUT2D eigenvalue weighted by atomic mass is 10.2. The highest BCUT2D eigenvalue weighted by atomic mass is 16.5. The summed E-state index contributed by atoms with van der Waals surface area (Å²) < 4.78 is 6.57. The van der Waals surface area contributed by atoms with Crippen molar-refractivity contribution in [2.45, 2.75) is 13.0 Å². The molecule has 0 aliphatic heterocycles. The van der Waals surface area contributed by atoms with E-state index in [2.05, 4.69) is 25.9 Å². The first-order valence-corrected chi connectivity index (χ1v) is 6.02. The van der Waals surface area contributed by atoms with E-state index in [9.17, 15) is 4.79 Å². The van der Waals surface area contributed by atoms with E-state index in [-0.39, 0.29) is 12.1 Å². The van der Waals surface area contributed by atoms with Crippen LogP contribution in [0.1, 0.15) is 18.5 Å². The molecule has 0 unspecified atom stereocenters. The Balaban J connectivity index is 1.91. The predicted octanol–water partition coefficient (Wildman–Crippen LogP) is 1.10. The fraction of sp³-hybridized carbons (Fsp3) is 0.333. The SMILES string of the molecule is COc1ccc(NC(=O)N[C@H](C)c2cnn(C)c2)nn1. The molecular weight excluding hydrogens is 260 g/mol. The molecule has 2 aromatic heterocycles. The van der Waals surface area contributed by atoms with Crippen LogP contribution < -0.4 is 15.4 Å². The second kappa shape index (κ2) is 6.00. The molecule has 2 amide bonds. The fourth-order valence-corrected chi connectivity index (χ4v) is 1.59. The number of ether oxygens (including phenoxy) is 1. The number of carbonyl (C=O) groups excluding carboxylic acids is 1. The van der Waals surface area contributed by atoms with Crippen LogP contribution in [0.15, 0.2) is 24.5 Å². The summed E-state index contributed by atoms with van der Waals surface area (Å²) in [5, 5.41) is 17.0. The molecule has 106 valence electrons. The zero-order valence-corrected chi connectivity index (χ0v) is 11.5. The third-order valence-corrected chi connectivity index (χ3v) is 2.66. The molecule has 2 heterocycles. The number of nitrogens with zero attached hydrogens (tertiary/aromatic N) is 4. The van der Waals surface area contributed by atoms with Gasteiger partial charge in [0.2, 0.25) is 5.88 Å². The quantitative estimate of drug-likeness (QED) is 0.872. The molecule has 2 rings (SSSR count). The molecule has 2 aromatic rings. The summed E-state index contributed by atoms with van der Waals surface area (Å²) in [6, 6.07) is 2.71. The Kier molecular flexibility index (Phi) is 4.14. The lowest BCUT2D eigenvalue weighted by molar-refractivity contribution is 0.249. The van der Waals surface area contributed by atoms with Gasteiger partial charge in [0, 0.05) is 24.9 Å². The van der Waals surface area contributed by atoms with Gasteiger partial charge >= 0.3 is 6.03 Å². The molecule has 2 N–H and O–H groups in total. The van der Waals surface area contributed by atoms with Crippen LogP contribution >= 0.6 is 0 Å². The molecule has 0 saturated carbocycles. The maximum Gasteiger partial charge on any atom is 0.320 e. The summed E-state index contributed by atoms with van der Waals surface area (Å²) >= 11 is 0. The van der Waals surface area contributed by atoms with Crippen molar-refractivity contribution in [1.82, 2.24) is 25.3 Å². The van der Waals surface area contributed by atoms with Crippen LogP contribution in [0.3, 0.4) is 0 Å². The number of rotatable bonds is 4. The number of carbonyl (C=O) groups is 1. The lowest BCUT2D eigenvalue weighted by Gasteiger charge is -2.12. The second-order valence-corrected chi connectivity index (χ2v) is 4.23. The molecule has 8 nitrogen and oxygen atoms in total. The number of aromatic nitrogens is 4. The van der Waals surface area contributed by atoms with E-state index in [1.165, 1.54) is 7.11 Å². The molecule has 0 fully saturated rings. The number of nitrogens with one attached hydrogen (secondary N) is 2. The molecule has 1 atom stereocenters. The van der Waals surface area contributed by atoms with Gasteiger partial charge < -0.3 is 10.1 Å². The van der Waals surface area contributed by atoms with Crippen LogP contribution in [0.4, 0.5) is 10.6 Å². The first-order chi connectivity index (χ1) is 9.58. The monoisotopic (exact) mass is 276 g/mol. The summed E-state index contributed by atoms with van der Waals surface area (Å²) in [7, 11) is 3.32. The van der Waals surface area contributed by atoms with Crippen molar-refractivity contribution in [1.29, 1.82) is 0 Å². The van der Waals surface area contributed by atoms with Gasteiger partial charge in [-0.3, -0.25) is 10.00 Å². The van der Waals surface area contributed by atoms with E-state index >= 15 is 0 Å². The van der Waals surface area contributed by atoms with Gasteiger partial charge in [-0.1, -0.05) is 0 Å². The summed E-state index contributed by atoms with van der Waals surface area (Å²) in [6.45, 7) is 1.87. The van der Waals surface area contributed by atoms with Gasteiger partial charge in [-0.25, -0.2) is 4.79 Å². The zero-order valence-electron chi connectivity index (χ0n) is 11.5. The minimum atomic E-state index is -0.360. The van der Waals surface area contributed by atoms with Gasteiger partial charge in [0.1, 0.15) is 0 Å². The maximum absolute atomic E-state index is 11.8. The van der Waals surface area contributed by atoms with Gasteiger partial charge in [0.15, 0.2) is 5.82 Å². The van der Waals surface area contributed by atoms with Crippen LogP contribution in [0.25, 0.3) is 0 Å². The first kappa shape index (κ1) is 13.8. The molecule has 0 aromatic carbocycles. The Hall–Kier alpha value is -2.64. The summed E-state index contributed by atoms with van der Waals surface area (Å²) in [5.41, 5.74) is 0.920. The maximum atomic E-state index is 11.8. The minimum absolute atomic E-state index is 0.157. The average molecular weight is 276 g/mol. The Morgan fingerprint density at radius 1 is 1.40 bits per heavy atom. The Morgan fingerprint density at radius 3 is 2.75 bits per heavy atom. The second-order valence-electron chi connectivity index (χ2n) is 4.23. The van der Waals surface area contributed by atoms with E-state index in [1.54, 1.807) is 23.0 Å². The third-order valence-electron chi connectivity index (χ3n) is 2.66. The standard InChI is InChI=1S/C12H16N6O2/c1-8(9-6-13-18(2)7-9)14-12(19)15-10-4-5-11(20-3)17-16-10/h4-8H,1-3H3,(H2,14,15,16,19)/t8-/m1/s1. The minimum Gasteiger partial charge on any atom is -0.480 e. The van der Waals surface area contributed by atoms with E-state index in [0.717, 1.165) is 5.56 Å². The fourth-order valence-electron chi connectivity index (χ4n) is 1.59. The number of hydrogen-bond acceptors (Lipinski definition) is 5. The van der Waals surface area contributed by atoms with Crippen LogP contribution in [0, 0.1) is 0 Å². The molecule has 0 aliphatic rings. The third kappa shape index (κ3) is 3.44. The summed E-state index contributed by atoms with van der Waals surface area (Å²) in [5.74, 6) is 0.737.